The van der Waals surface area contributed by atoms with Gasteiger partial charge in [0.2, 0.25) is 0 Å². The summed E-state index contributed by atoms with van der Waals surface area (Å²) in [6.07, 6.45) is 1.51. The van der Waals surface area contributed by atoms with Gasteiger partial charge in [0.05, 0.1) is 24.0 Å². The smallest absolute Gasteiger partial charge is 0.255 e. The third kappa shape index (κ3) is 4.39. The molecule has 0 aliphatic rings. The number of hydrogen-bond acceptors (Lipinski definition) is 3. The molecule has 0 aliphatic heterocycles. The predicted molar refractivity (Wildman–Crippen MR) is 98.0 cm³/mol. The fourth-order valence-corrected chi connectivity index (χ4v) is 2.48. The van der Waals surface area contributed by atoms with Crippen molar-refractivity contribution < 1.29 is 9.53 Å². The Hall–Kier alpha value is -2.79. The Balaban J connectivity index is 1.56. The lowest BCUT2D eigenvalue weighted by atomic mass is 10.1. The van der Waals surface area contributed by atoms with Crippen molar-refractivity contribution in [2.24, 2.45) is 0 Å². The van der Waals surface area contributed by atoms with E-state index in [1.165, 1.54) is 11.8 Å². The van der Waals surface area contributed by atoms with Gasteiger partial charge in [0.1, 0.15) is 12.4 Å². The Morgan fingerprint density at radius 1 is 1.16 bits per heavy atom. The summed E-state index contributed by atoms with van der Waals surface area (Å²) in [7, 11) is 0. The first-order valence-electron chi connectivity index (χ1n) is 7.90. The van der Waals surface area contributed by atoms with Gasteiger partial charge in [-0.25, -0.2) is 0 Å². The van der Waals surface area contributed by atoms with Crippen molar-refractivity contribution in [3.05, 3.63) is 70.9 Å². The minimum Gasteiger partial charge on any atom is -0.492 e. The molecule has 0 saturated heterocycles. The van der Waals surface area contributed by atoms with E-state index in [0.717, 1.165) is 11.3 Å². The maximum Gasteiger partial charge on any atom is 0.255 e. The van der Waals surface area contributed by atoms with Crippen LogP contribution < -0.4 is 10.1 Å². The molecule has 1 aromatic heterocycles. The summed E-state index contributed by atoms with van der Waals surface area (Å²) in [4.78, 5) is 12.4. The molecule has 128 valence electrons. The van der Waals surface area contributed by atoms with Gasteiger partial charge in [-0.15, -0.1) is 0 Å². The molecule has 2 aromatic carbocycles. The van der Waals surface area contributed by atoms with Gasteiger partial charge in [0, 0.05) is 10.6 Å². The van der Waals surface area contributed by atoms with Gasteiger partial charge in [-0.2, -0.15) is 5.10 Å². The van der Waals surface area contributed by atoms with Crippen LogP contribution in [0.4, 0.5) is 0 Å². The van der Waals surface area contributed by atoms with Crippen LogP contribution in [-0.2, 0) is 0 Å². The number of aromatic nitrogens is 2. The van der Waals surface area contributed by atoms with Crippen molar-refractivity contribution in [1.82, 2.24) is 15.5 Å². The Morgan fingerprint density at radius 3 is 2.60 bits per heavy atom. The third-order valence-corrected chi connectivity index (χ3v) is 3.95. The Morgan fingerprint density at radius 2 is 1.88 bits per heavy atom. The van der Waals surface area contributed by atoms with Crippen LogP contribution in [0.3, 0.4) is 0 Å². The minimum atomic E-state index is -0.203. The number of H-pyrrole nitrogens is 1. The fraction of sp³-hybridized carbons (Fsp3) is 0.158. The van der Waals surface area contributed by atoms with E-state index < -0.39 is 0 Å². The number of ether oxygens (including phenoxy) is 1. The van der Waals surface area contributed by atoms with Crippen LogP contribution in [0.1, 0.15) is 15.9 Å². The maximum absolute atomic E-state index is 12.4. The normalized spacial score (nSPS) is 10.5. The number of nitrogens with zero attached hydrogens (tertiary/aromatic N) is 1. The van der Waals surface area contributed by atoms with Crippen molar-refractivity contribution in [3.8, 4) is 17.0 Å². The number of halogens is 1. The summed E-state index contributed by atoms with van der Waals surface area (Å²) >= 11 is 5.90. The minimum absolute atomic E-state index is 0.203. The Labute approximate surface area is 151 Å². The summed E-state index contributed by atoms with van der Waals surface area (Å²) in [6, 6.07) is 15.0. The molecule has 0 bridgehead atoms. The first-order valence-corrected chi connectivity index (χ1v) is 8.28. The van der Waals surface area contributed by atoms with Crippen LogP contribution in [0.25, 0.3) is 11.3 Å². The molecule has 3 aromatic rings. The molecule has 25 heavy (non-hydrogen) atoms. The average molecular weight is 356 g/mol. The molecular formula is C19H18ClN3O2. The largest absolute Gasteiger partial charge is 0.492 e. The zero-order valence-electron chi connectivity index (χ0n) is 13.8. The van der Waals surface area contributed by atoms with E-state index >= 15 is 0 Å². The number of aromatic amines is 1. The molecule has 0 unspecified atom stereocenters. The van der Waals surface area contributed by atoms with Gasteiger partial charge in [-0.05, 0) is 31.2 Å². The summed E-state index contributed by atoms with van der Waals surface area (Å²) in [6.45, 7) is 2.81. The molecule has 6 heteroatoms. The first kappa shape index (κ1) is 17.0. The number of nitrogens with one attached hydrogen (secondary N) is 2. The van der Waals surface area contributed by atoms with Crippen LogP contribution in [0.15, 0.2) is 54.7 Å². The molecule has 0 spiro atoms. The van der Waals surface area contributed by atoms with Gasteiger partial charge >= 0.3 is 0 Å². The number of benzene rings is 2. The lowest BCUT2D eigenvalue weighted by molar-refractivity contribution is 0.0947. The molecule has 1 heterocycles. The number of aryl methyl sites for hydroxylation is 1. The van der Waals surface area contributed by atoms with Crippen LogP contribution >= 0.6 is 11.6 Å². The van der Waals surface area contributed by atoms with E-state index in [-0.39, 0.29) is 5.91 Å². The lowest BCUT2D eigenvalue weighted by Crippen LogP contribution is -2.28. The molecule has 0 aliphatic carbocycles. The van der Waals surface area contributed by atoms with Crippen molar-refractivity contribution in [2.45, 2.75) is 6.92 Å². The molecule has 5 nitrogen and oxygen atoms in total. The zero-order valence-corrected chi connectivity index (χ0v) is 14.5. The van der Waals surface area contributed by atoms with Crippen LogP contribution in [-0.4, -0.2) is 29.3 Å². The maximum atomic E-state index is 12.4. The number of carbonyl (C=O) groups is 1. The number of hydrogen-bond donors (Lipinski definition) is 2. The second-order valence-corrected chi connectivity index (χ2v) is 6.02. The standard InChI is InChI=1S/C19H18ClN3O2/c1-13-2-8-16(9-3-13)25-11-10-21-19(24)17-12-22-23-18(17)14-4-6-15(20)7-5-14/h2-9,12H,10-11H2,1H3,(H,21,24)(H,22,23). The molecule has 1 amide bonds. The molecule has 0 fully saturated rings. The molecule has 0 atom stereocenters. The summed E-state index contributed by atoms with van der Waals surface area (Å²) in [5, 5.41) is 10.3. The lowest BCUT2D eigenvalue weighted by Gasteiger charge is -2.08. The van der Waals surface area contributed by atoms with E-state index in [9.17, 15) is 4.79 Å². The second kappa shape index (κ2) is 7.85. The Kier molecular flexibility index (Phi) is 5.36. The highest BCUT2D eigenvalue weighted by molar-refractivity contribution is 6.30. The fourth-order valence-electron chi connectivity index (χ4n) is 2.36. The highest BCUT2D eigenvalue weighted by atomic mass is 35.5. The highest BCUT2D eigenvalue weighted by Gasteiger charge is 2.14. The van der Waals surface area contributed by atoms with E-state index in [2.05, 4.69) is 15.5 Å². The summed E-state index contributed by atoms with van der Waals surface area (Å²) in [5.41, 5.74) is 3.17. The monoisotopic (exact) mass is 355 g/mol. The van der Waals surface area contributed by atoms with Crippen molar-refractivity contribution >= 4 is 17.5 Å². The quantitative estimate of drug-likeness (QED) is 0.660. The van der Waals surface area contributed by atoms with E-state index in [0.29, 0.717) is 29.4 Å². The third-order valence-electron chi connectivity index (χ3n) is 3.69. The average Bonchev–Trinajstić information content (AvgIpc) is 3.10. The van der Waals surface area contributed by atoms with Gasteiger partial charge in [0.15, 0.2) is 0 Å². The molecule has 0 saturated carbocycles. The van der Waals surface area contributed by atoms with Crippen molar-refractivity contribution in [1.29, 1.82) is 0 Å². The molecular weight excluding hydrogens is 338 g/mol. The van der Waals surface area contributed by atoms with Crippen molar-refractivity contribution in [2.75, 3.05) is 13.2 Å². The van der Waals surface area contributed by atoms with E-state index in [1.54, 1.807) is 12.1 Å². The van der Waals surface area contributed by atoms with Crippen LogP contribution in [0.5, 0.6) is 5.75 Å². The number of rotatable bonds is 6. The zero-order chi connectivity index (χ0) is 17.6. The predicted octanol–water partition coefficient (Wildman–Crippen LogP) is 3.85. The molecule has 3 rings (SSSR count). The van der Waals surface area contributed by atoms with Gasteiger partial charge in [-0.3, -0.25) is 9.89 Å². The first-order chi connectivity index (χ1) is 12.1. The van der Waals surface area contributed by atoms with E-state index in [4.69, 9.17) is 16.3 Å². The number of carbonyl (C=O) groups excluding carboxylic acids is 1. The SMILES string of the molecule is Cc1ccc(OCCNC(=O)c2cn[nH]c2-c2ccc(Cl)cc2)cc1. The van der Waals surface area contributed by atoms with Crippen LogP contribution in [0, 0.1) is 6.92 Å². The van der Waals surface area contributed by atoms with Gasteiger partial charge < -0.3 is 10.1 Å². The van der Waals surface area contributed by atoms with Crippen LogP contribution in [0.2, 0.25) is 5.02 Å². The summed E-state index contributed by atoms with van der Waals surface area (Å²) < 4.78 is 5.60. The molecule has 0 radical (unpaired) electrons. The highest BCUT2D eigenvalue weighted by Crippen LogP contribution is 2.22. The summed E-state index contributed by atoms with van der Waals surface area (Å²) in [5.74, 6) is 0.580. The van der Waals surface area contributed by atoms with E-state index in [1.807, 2.05) is 43.3 Å². The van der Waals surface area contributed by atoms with Gasteiger partial charge in [0.25, 0.3) is 5.91 Å². The van der Waals surface area contributed by atoms with Crippen molar-refractivity contribution in [3.63, 3.8) is 0 Å². The number of amides is 1. The second-order valence-electron chi connectivity index (χ2n) is 5.58. The van der Waals surface area contributed by atoms with Gasteiger partial charge in [-0.1, -0.05) is 41.4 Å². The topological polar surface area (TPSA) is 67.0 Å². The molecule has 2 N–H and O–H groups in total. The Bertz CT molecular complexity index is 842.